The van der Waals surface area contributed by atoms with Crippen molar-refractivity contribution in [1.82, 2.24) is 0 Å². The van der Waals surface area contributed by atoms with E-state index in [9.17, 15) is 26.3 Å². The summed E-state index contributed by atoms with van der Waals surface area (Å²) < 4.78 is 76.1. The van der Waals surface area contributed by atoms with Crippen LogP contribution in [-0.2, 0) is 12.7 Å². The zero-order valence-electron chi connectivity index (χ0n) is 10.6. The Bertz CT molecular complexity index is 452. The summed E-state index contributed by atoms with van der Waals surface area (Å²) in [5.74, 6) is 0. The van der Waals surface area contributed by atoms with Crippen LogP contribution >= 0.6 is 0 Å². The fourth-order valence-corrected chi connectivity index (χ4v) is 1.80. The molecule has 114 valence electrons. The Kier molecular flexibility index (Phi) is 4.90. The van der Waals surface area contributed by atoms with Gasteiger partial charge in [-0.15, -0.1) is 0 Å². The number of hydrogen-bond donors (Lipinski definition) is 1. The standard InChI is InChI=1S/C12H14F6N2/c1-2-20(7-11(13,14)15)10-4-3-8(6-19)5-9(10)12(16,17)18/h3-5H,2,6-7,19H2,1H3. The number of anilines is 1. The van der Waals surface area contributed by atoms with Crippen LogP contribution in [0.3, 0.4) is 0 Å². The van der Waals surface area contributed by atoms with Crippen LogP contribution in [0.5, 0.6) is 0 Å². The van der Waals surface area contributed by atoms with Crippen LogP contribution in [0.2, 0.25) is 0 Å². The van der Waals surface area contributed by atoms with Crippen LogP contribution in [0.25, 0.3) is 0 Å². The molecule has 0 aliphatic rings. The van der Waals surface area contributed by atoms with Crippen molar-refractivity contribution in [2.24, 2.45) is 5.73 Å². The Morgan fingerprint density at radius 3 is 2.10 bits per heavy atom. The van der Waals surface area contributed by atoms with Gasteiger partial charge in [0.15, 0.2) is 0 Å². The normalized spacial score (nSPS) is 12.6. The van der Waals surface area contributed by atoms with Crippen LogP contribution in [0.4, 0.5) is 32.0 Å². The van der Waals surface area contributed by atoms with Crippen molar-refractivity contribution in [2.45, 2.75) is 25.8 Å². The summed E-state index contributed by atoms with van der Waals surface area (Å²) in [7, 11) is 0. The third-order valence-corrected chi connectivity index (χ3v) is 2.69. The zero-order valence-corrected chi connectivity index (χ0v) is 10.6. The van der Waals surface area contributed by atoms with Gasteiger partial charge in [0.2, 0.25) is 0 Å². The minimum absolute atomic E-state index is 0.116. The lowest BCUT2D eigenvalue weighted by molar-refractivity contribution is -0.138. The van der Waals surface area contributed by atoms with Crippen molar-refractivity contribution >= 4 is 5.69 Å². The summed E-state index contributed by atoms with van der Waals surface area (Å²) in [6, 6.07) is 3.11. The van der Waals surface area contributed by atoms with Crippen LogP contribution < -0.4 is 10.6 Å². The molecule has 2 N–H and O–H groups in total. The lowest BCUT2D eigenvalue weighted by Gasteiger charge is -2.27. The van der Waals surface area contributed by atoms with Gasteiger partial charge in [0.1, 0.15) is 6.54 Å². The molecule has 0 bridgehead atoms. The lowest BCUT2D eigenvalue weighted by atomic mass is 10.1. The van der Waals surface area contributed by atoms with Crippen molar-refractivity contribution < 1.29 is 26.3 Å². The van der Waals surface area contributed by atoms with Crippen molar-refractivity contribution in [3.63, 3.8) is 0 Å². The van der Waals surface area contributed by atoms with E-state index in [2.05, 4.69) is 0 Å². The molecule has 0 aromatic heterocycles. The number of alkyl halides is 6. The van der Waals surface area contributed by atoms with Crippen LogP contribution in [0.15, 0.2) is 18.2 Å². The number of hydrogen-bond acceptors (Lipinski definition) is 2. The topological polar surface area (TPSA) is 29.3 Å². The molecule has 0 unspecified atom stereocenters. The van der Waals surface area contributed by atoms with Gasteiger partial charge in [-0.05, 0) is 24.6 Å². The van der Waals surface area contributed by atoms with Crippen molar-refractivity contribution in [3.8, 4) is 0 Å². The van der Waals surface area contributed by atoms with Gasteiger partial charge in [0.25, 0.3) is 0 Å². The lowest BCUT2D eigenvalue weighted by Crippen LogP contribution is -2.35. The quantitative estimate of drug-likeness (QED) is 0.862. The van der Waals surface area contributed by atoms with E-state index in [0.717, 1.165) is 12.1 Å². The van der Waals surface area contributed by atoms with E-state index in [4.69, 9.17) is 5.73 Å². The monoisotopic (exact) mass is 300 g/mol. The molecule has 1 aromatic carbocycles. The number of benzene rings is 1. The van der Waals surface area contributed by atoms with Crippen LogP contribution in [0.1, 0.15) is 18.1 Å². The van der Waals surface area contributed by atoms with E-state index < -0.39 is 30.1 Å². The third-order valence-electron chi connectivity index (χ3n) is 2.69. The minimum Gasteiger partial charge on any atom is -0.362 e. The molecule has 0 atom stereocenters. The summed E-state index contributed by atoms with van der Waals surface area (Å²) >= 11 is 0. The first kappa shape index (κ1) is 16.6. The van der Waals surface area contributed by atoms with E-state index in [1.807, 2.05) is 0 Å². The first-order valence-corrected chi connectivity index (χ1v) is 5.80. The van der Waals surface area contributed by atoms with Gasteiger partial charge in [0.05, 0.1) is 5.56 Å². The number of halogens is 6. The largest absolute Gasteiger partial charge is 0.418 e. The SMILES string of the molecule is CCN(CC(F)(F)F)c1ccc(CN)cc1C(F)(F)F. The highest BCUT2D eigenvalue weighted by Gasteiger charge is 2.37. The molecule has 0 fully saturated rings. The average Bonchev–Trinajstić information content (AvgIpc) is 2.33. The van der Waals surface area contributed by atoms with E-state index in [-0.39, 0.29) is 18.7 Å². The molecule has 1 aromatic rings. The molecule has 0 saturated heterocycles. The molecular formula is C12H14F6N2. The molecule has 1 rings (SSSR count). The first-order valence-electron chi connectivity index (χ1n) is 5.80. The predicted molar refractivity (Wildman–Crippen MR) is 63.3 cm³/mol. The summed E-state index contributed by atoms with van der Waals surface area (Å²) in [6.45, 7) is -0.378. The second kappa shape index (κ2) is 5.90. The van der Waals surface area contributed by atoms with Gasteiger partial charge in [-0.25, -0.2) is 0 Å². The van der Waals surface area contributed by atoms with Gasteiger partial charge >= 0.3 is 12.4 Å². The van der Waals surface area contributed by atoms with Crippen molar-refractivity contribution in [2.75, 3.05) is 18.0 Å². The summed E-state index contributed by atoms with van der Waals surface area (Å²) in [4.78, 5) is 0.642. The van der Waals surface area contributed by atoms with Gasteiger partial charge in [-0.1, -0.05) is 6.07 Å². The van der Waals surface area contributed by atoms with E-state index in [1.165, 1.54) is 13.0 Å². The van der Waals surface area contributed by atoms with Gasteiger partial charge in [-0.3, -0.25) is 0 Å². The first-order chi connectivity index (χ1) is 9.08. The Morgan fingerprint density at radius 2 is 1.70 bits per heavy atom. The second-order valence-electron chi connectivity index (χ2n) is 4.18. The fourth-order valence-electron chi connectivity index (χ4n) is 1.80. The zero-order chi connectivity index (χ0) is 15.6. The maximum atomic E-state index is 12.9. The van der Waals surface area contributed by atoms with Gasteiger partial charge < -0.3 is 10.6 Å². The van der Waals surface area contributed by atoms with Crippen LogP contribution in [0, 0.1) is 0 Å². The van der Waals surface area contributed by atoms with E-state index in [1.54, 1.807) is 0 Å². The molecule has 20 heavy (non-hydrogen) atoms. The molecule has 8 heteroatoms. The third kappa shape index (κ3) is 4.29. The summed E-state index contributed by atoms with van der Waals surface area (Å²) in [5, 5.41) is 0. The fraction of sp³-hybridized carbons (Fsp3) is 0.500. The smallest absolute Gasteiger partial charge is 0.362 e. The molecule has 0 saturated carbocycles. The molecular weight excluding hydrogens is 286 g/mol. The van der Waals surface area contributed by atoms with Crippen molar-refractivity contribution in [3.05, 3.63) is 29.3 Å². The Morgan fingerprint density at radius 1 is 1.10 bits per heavy atom. The maximum Gasteiger partial charge on any atom is 0.418 e. The number of rotatable bonds is 4. The average molecular weight is 300 g/mol. The molecule has 0 amide bonds. The minimum atomic E-state index is -4.74. The van der Waals surface area contributed by atoms with Crippen LogP contribution in [-0.4, -0.2) is 19.3 Å². The Labute approximate surface area is 112 Å². The second-order valence-corrected chi connectivity index (χ2v) is 4.18. The Balaban J connectivity index is 3.27. The molecule has 0 aliphatic carbocycles. The molecule has 0 radical (unpaired) electrons. The molecule has 0 aliphatic heterocycles. The highest BCUT2D eigenvalue weighted by Crippen LogP contribution is 2.38. The Hall–Kier alpha value is -1.44. The summed E-state index contributed by atoms with van der Waals surface area (Å²) in [6.07, 6.45) is -9.31. The number of nitrogens with zero attached hydrogens (tertiary/aromatic N) is 1. The molecule has 0 spiro atoms. The predicted octanol–water partition coefficient (Wildman–Crippen LogP) is 3.55. The van der Waals surface area contributed by atoms with Gasteiger partial charge in [-0.2, -0.15) is 26.3 Å². The van der Waals surface area contributed by atoms with Gasteiger partial charge in [0, 0.05) is 18.8 Å². The van der Waals surface area contributed by atoms with E-state index in [0.29, 0.717) is 4.90 Å². The summed E-state index contributed by atoms with van der Waals surface area (Å²) in [5.41, 5.74) is 3.88. The molecule has 2 nitrogen and oxygen atoms in total. The molecule has 0 heterocycles. The maximum absolute atomic E-state index is 12.9. The number of nitrogens with two attached hydrogens (primary N) is 1. The highest BCUT2D eigenvalue weighted by atomic mass is 19.4. The van der Waals surface area contributed by atoms with Crippen molar-refractivity contribution in [1.29, 1.82) is 0 Å². The van der Waals surface area contributed by atoms with E-state index >= 15 is 0 Å². The highest BCUT2D eigenvalue weighted by molar-refractivity contribution is 5.56.